The first-order valence-corrected chi connectivity index (χ1v) is 4.27. The number of rotatable bonds is 3. The average molecular weight is 225 g/mol. The molecule has 1 aromatic carbocycles. The summed E-state index contributed by atoms with van der Waals surface area (Å²) in [7, 11) is 0. The smallest absolute Gasteiger partial charge is 0.331 e. The van der Waals surface area contributed by atoms with Gasteiger partial charge in [-0.05, 0) is 25.1 Å². The Balaban J connectivity index is 3.31. The molecule has 1 aromatic rings. The molecule has 0 aromatic heterocycles. The number of carboxylic acids is 1. The Kier molecular flexibility index (Phi) is 3.34. The number of hydrogen-bond donors (Lipinski definition) is 1. The molecule has 0 aliphatic heterocycles. The van der Waals surface area contributed by atoms with Gasteiger partial charge in [0, 0.05) is 11.6 Å². The number of halogens is 1. The van der Waals surface area contributed by atoms with E-state index in [2.05, 4.69) is 0 Å². The molecule has 0 aliphatic carbocycles. The first-order chi connectivity index (χ1) is 7.41. The zero-order valence-corrected chi connectivity index (χ0v) is 8.31. The Morgan fingerprint density at radius 3 is 2.69 bits per heavy atom. The van der Waals surface area contributed by atoms with E-state index in [0.29, 0.717) is 0 Å². The molecule has 84 valence electrons. The summed E-state index contributed by atoms with van der Waals surface area (Å²) in [4.78, 5) is 20.4. The van der Waals surface area contributed by atoms with Gasteiger partial charge in [0.1, 0.15) is 5.82 Å². The summed E-state index contributed by atoms with van der Waals surface area (Å²) in [5.41, 5.74) is -0.499. The topological polar surface area (TPSA) is 80.4 Å². The second-order valence-electron chi connectivity index (χ2n) is 3.09. The predicted molar refractivity (Wildman–Crippen MR) is 54.3 cm³/mol. The Bertz CT molecular complexity index is 482. The summed E-state index contributed by atoms with van der Waals surface area (Å²) >= 11 is 0. The minimum atomic E-state index is -1.21. The molecule has 0 fully saturated rings. The van der Waals surface area contributed by atoms with E-state index in [1.54, 1.807) is 0 Å². The Morgan fingerprint density at radius 2 is 2.19 bits per heavy atom. The summed E-state index contributed by atoms with van der Waals surface area (Å²) in [5, 5.41) is 19.2. The lowest BCUT2D eigenvalue weighted by Crippen LogP contribution is -1.97. The number of nitro benzene ring substituents is 1. The van der Waals surface area contributed by atoms with Gasteiger partial charge in [0.2, 0.25) is 0 Å². The van der Waals surface area contributed by atoms with Crippen LogP contribution in [-0.2, 0) is 4.79 Å². The van der Waals surface area contributed by atoms with Gasteiger partial charge >= 0.3 is 5.97 Å². The van der Waals surface area contributed by atoms with Crippen LogP contribution in [0.15, 0.2) is 23.8 Å². The van der Waals surface area contributed by atoms with Crippen LogP contribution in [0.4, 0.5) is 10.1 Å². The Hall–Kier alpha value is -2.24. The standard InChI is InChI=1S/C10H8FNO4/c1-6(10(13)14)4-7-5-8(11)2-3-9(7)12(15)16/h2-5H,1H3,(H,13,14)/b6-4+. The second-order valence-corrected chi connectivity index (χ2v) is 3.09. The van der Waals surface area contributed by atoms with Crippen molar-refractivity contribution in [2.45, 2.75) is 6.92 Å². The summed E-state index contributed by atoms with van der Waals surface area (Å²) in [6.45, 7) is 1.27. The van der Waals surface area contributed by atoms with E-state index in [4.69, 9.17) is 5.11 Å². The van der Waals surface area contributed by atoms with E-state index < -0.39 is 16.7 Å². The van der Waals surface area contributed by atoms with Gasteiger partial charge in [-0.3, -0.25) is 10.1 Å². The minimum absolute atomic E-state index is 0.0649. The zero-order chi connectivity index (χ0) is 12.3. The lowest BCUT2D eigenvalue weighted by Gasteiger charge is -1.99. The van der Waals surface area contributed by atoms with Crippen molar-refractivity contribution in [3.05, 3.63) is 45.3 Å². The molecule has 16 heavy (non-hydrogen) atoms. The number of benzene rings is 1. The van der Waals surface area contributed by atoms with Crippen LogP contribution in [-0.4, -0.2) is 16.0 Å². The van der Waals surface area contributed by atoms with Crippen molar-refractivity contribution < 1.29 is 19.2 Å². The third kappa shape index (κ3) is 2.63. The van der Waals surface area contributed by atoms with Crippen LogP contribution in [0.25, 0.3) is 6.08 Å². The van der Waals surface area contributed by atoms with Crippen LogP contribution in [0.3, 0.4) is 0 Å². The van der Waals surface area contributed by atoms with E-state index in [-0.39, 0.29) is 16.8 Å². The van der Waals surface area contributed by atoms with Gasteiger partial charge in [-0.1, -0.05) is 0 Å². The first kappa shape index (κ1) is 11.8. The number of nitro groups is 1. The van der Waals surface area contributed by atoms with Gasteiger partial charge < -0.3 is 5.11 Å². The van der Waals surface area contributed by atoms with Crippen LogP contribution >= 0.6 is 0 Å². The molecule has 1 rings (SSSR count). The maximum atomic E-state index is 12.9. The maximum Gasteiger partial charge on any atom is 0.331 e. The molecule has 0 unspecified atom stereocenters. The highest BCUT2D eigenvalue weighted by atomic mass is 19.1. The lowest BCUT2D eigenvalue weighted by molar-refractivity contribution is -0.385. The highest BCUT2D eigenvalue weighted by molar-refractivity contribution is 5.92. The number of hydrogen-bond acceptors (Lipinski definition) is 3. The summed E-state index contributed by atoms with van der Waals surface area (Å²) in [6.07, 6.45) is 1.06. The van der Waals surface area contributed by atoms with Crippen molar-refractivity contribution in [1.29, 1.82) is 0 Å². The van der Waals surface area contributed by atoms with E-state index in [9.17, 15) is 19.3 Å². The van der Waals surface area contributed by atoms with Crippen LogP contribution in [0.2, 0.25) is 0 Å². The number of carboxylic acid groups (broad SMARTS) is 1. The van der Waals surface area contributed by atoms with Gasteiger partial charge in [0.05, 0.1) is 10.5 Å². The molecule has 0 saturated heterocycles. The Morgan fingerprint density at radius 1 is 1.56 bits per heavy atom. The van der Waals surface area contributed by atoms with Gasteiger partial charge in [0.15, 0.2) is 0 Å². The molecule has 0 spiro atoms. The van der Waals surface area contributed by atoms with Gasteiger partial charge in [-0.25, -0.2) is 9.18 Å². The SMILES string of the molecule is C/C(=C\c1cc(F)ccc1[N+](=O)[O-])C(=O)O. The molecule has 5 nitrogen and oxygen atoms in total. The highest BCUT2D eigenvalue weighted by Crippen LogP contribution is 2.22. The molecule has 1 N–H and O–H groups in total. The molecular formula is C10H8FNO4. The highest BCUT2D eigenvalue weighted by Gasteiger charge is 2.13. The second kappa shape index (κ2) is 4.52. The van der Waals surface area contributed by atoms with Crippen molar-refractivity contribution in [3.63, 3.8) is 0 Å². The quantitative estimate of drug-likeness (QED) is 0.485. The monoisotopic (exact) mass is 225 g/mol. The van der Waals surface area contributed by atoms with Crippen LogP contribution in [0.5, 0.6) is 0 Å². The van der Waals surface area contributed by atoms with Crippen molar-refractivity contribution in [1.82, 2.24) is 0 Å². The third-order valence-corrected chi connectivity index (χ3v) is 1.90. The summed E-state index contributed by atoms with van der Waals surface area (Å²) in [5.74, 6) is -1.87. The lowest BCUT2D eigenvalue weighted by atomic mass is 10.1. The van der Waals surface area contributed by atoms with E-state index in [1.165, 1.54) is 6.92 Å². The van der Waals surface area contributed by atoms with E-state index in [1.807, 2.05) is 0 Å². The number of nitrogens with zero attached hydrogens (tertiary/aromatic N) is 1. The Labute approximate surface area is 90.0 Å². The van der Waals surface area contributed by atoms with Crippen LogP contribution in [0.1, 0.15) is 12.5 Å². The molecule has 0 amide bonds. The fourth-order valence-corrected chi connectivity index (χ4v) is 1.10. The molecule has 0 radical (unpaired) electrons. The van der Waals surface area contributed by atoms with Gasteiger partial charge in [0.25, 0.3) is 5.69 Å². The zero-order valence-electron chi connectivity index (χ0n) is 8.31. The largest absolute Gasteiger partial charge is 0.478 e. The summed E-state index contributed by atoms with van der Waals surface area (Å²) in [6, 6.07) is 2.87. The molecular weight excluding hydrogens is 217 g/mol. The van der Waals surface area contributed by atoms with E-state index >= 15 is 0 Å². The first-order valence-electron chi connectivity index (χ1n) is 4.27. The fraction of sp³-hybridized carbons (Fsp3) is 0.100. The molecule has 0 heterocycles. The van der Waals surface area contributed by atoms with Gasteiger partial charge in [-0.15, -0.1) is 0 Å². The van der Waals surface area contributed by atoms with E-state index in [0.717, 1.165) is 24.3 Å². The maximum absolute atomic E-state index is 12.9. The van der Waals surface area contributed by atoms with Crippen molar-refractivity contribution in [2.75, 3.05) is 0 Å². The number of carbonyl (C=O) groups is 1. The van der Waals surface area contributed by atoms with Crippen molar-refractivity contribution in [2.24, 2.45) is 0 Å². The minimum Gasteiger partial charge on any atom is -0.478 e. The molecule has 0 aliphatic rings. The fourth-order valence-electron chi connectivity index (χ4n) is 1.10. The molecule has 0 saturated carbocycles. The van der Waals surface area contributed by atoms with Crippen molar-refractivity contribution in [3.8, 4) is 0 Å². The average Bonchev–Trinajstić information content (AvgIpc) is 2.16. The van der Waals surface area contributed by atoms with Gasteiger partial charge in [-0.2, -0.15) is 0 Å². The summed E-state index contributed by atoms with van der Waals surface area (Å²) < 4.78 is 12.9. The van der Waals surface area contributed by atoms with Crippen LogP contribution in [0, 0.1) is 15.9 Å². The number of aliphatic carboxylic acids is 1. The molecule has 6 heteroatoms. The molecule has 0 bridgehead atoms. The van der Waals surface area contributed by atoms with Crippen molar-refractivity contribution >= 4 is 17.7 Å². The molecule has 0 atom stereocenters. The third-order valence-electron chi connectivity index (χ3n) is 1.90. The normalized spacial score (nSPS) is 11.2. The van der Waals surface area contributed by atoms with Crippen LogP contribution < -0.4 is 0 Å². The predicted octanol–water partition coefficient (Wildman–Crippen LogP) is 2.22.